The van der Waals surface area contributed by atoms with E-state index in [2.05, 4.69) is 62.5 Å². The molecule has 2 aliphatic heterocycles. The van der Waals surface area contributed by atoms with Crippen LogP contribution in [0.2, 0.25) is 0 Å². The highest BCUT2D eigenvalue weighted by molar-refractivity contribution is 6.20. The smallest absolute Gasteiger partial charge is 0.231 e. The summed E-state index contributed by atoms with van der Waals surface area (Å²) in [5.74, 6) is 1.46. The summed E-state index contributed by atoms with van der Waals surface area (Å²) in [7, 11) is 0. The molecule has 28 heavy (non-hydrogen) atoms. The zero-order valence-corrected chi connectivity index (χ0v) is 17.0. The number of hydrogen-bond acceptors (Lipinski definition) is 4. The van der Waals surface area contributed by atoms with Crippen LogP contribution in [-0.4, -0.2) is 29.0 Å². The molecule has 0 saturated carbocycles. The van der Waals surface area contributed by atoms with E-state index in [9.17, 15) is 0 Å². The molecule has 2 heterocycles. The standard InChI is InChI=1S/C24H28N4/c1-6-10-11-14-18(8-3)24(17-7-2)22-26-20-16-13-12-15-19(20)21(9-4)28(22)23(25-5)27-24/h7,9-16H,2,5-6,8,17H2,1,3-4H3/b11-10-,18-14+,21-9-. The molecule has 0 bridgehead atoms. The lowest BCUT2D eigenvalue weighted by atomic mass is 9.83. The zero-order valence-electron chi connectivity index (χ0n) is 17.0. The summed E-state index contributed by atoms with van der Waals surface area (Å²) >= 11 is 0. The lowest BCUT2D eigenvalue weighted by Crippen LogP contribution is -2.44. The van der Waals surface area contributed by atoms with Gasteiger partial charge in [-0.05, 0) is 38.1 Å². The SMILES string of the molecule is C=CCC1(/C(=C/C=C\CC)CC)N=C(N=C)N2C1=Nc1ccccc1/C2=C/C. The van der Waals surface area contributed by atoms with E-state index in [0.29, 0.717) is 12.4 Å². The number of nitrogens with zero attached hydrogens (tertiary/aromatic N) is 4. The first-order valence-corrected chi connectivity index (χ1v) is 9.85. The first kappa shape index (κ1) is 19.7. The average molecular weight is 373 g/mol. The molecule has 0 radical (unpaired) electrons. The van der Waals surface area contributed by atoms with Gasteiger partial charge in [0.25, 0.3) is 0 Å². The molecule has 0 saturated heterocycles. The summed E-state index contributed by atoms with van der Waals surface area (Å²) in [4.78, 5) is 16.4. The molecule has 0 spiro atoms. The summed E-state index contributed by atoms with van der Waals surface area (Å²) in [6.07, 6.45) is 12.9. The molecule has 0 aromatic heterocycles. The Morgan fingerprint density at radius 3 is 2.71 bits per heavy atom. The summed E-state index contributed by atoms with van der Waals surface area (Å²) in [5.41, 5.74) is 3.64. The molecule has 1 aromatic rings. The van der Waals surface area contributed by atoms with Crippen LogP contribution in [0.3, 0.4) is 0 Å². The number of rotatable bonds is 6. The minimum absolute atomic E-state index is 0.585. The van der Waals surface area contributed by atoms with E-state index in [0.717, 1.165) is 35.6 Å². The van der Waals surface area contributed by atoms with Gasteiger partial charge in [0.15, 0.2) is 0 Å². The number of para-hydroxylation sites is 1. The Kier molecular flexibility index (Phi) is 5.88. The van der Waals surface area contributed by atoms with E-state index in [-0.39, 0.29) is 0 Å². The number of guanidine groups is 1. The third-order valence-electron chi connectivity index (χ3n) is 5.16. The number of aliphatic imine (C=N–C) groups is 3. The van der Waals surface area contributed by atoms with Crippen LogP contribution < -0.4 is 0 Å². The van der Waals surface area contributed by atoms with Crippen LogP contribution in [0, 0.1) is 0 Å². The van der Waals surface area contributed by atoms with Crippen molar-refractivity contribution in [2.45, 2.75) is 45.6 Å². The molecule has 0 aliphatic carbocycles. The molecule has 1 aromatic carbocycles. The van der Waals surface area contributed by atoms with Gasteiger partial charge in [0.05, 0.1) is 11.4 Å². The molecule has 1 unspecified atom stereocenters. The fourth-order valence-corrected chi connectivity index (χ4v) is 3.89. The summed E-state index contributed by atoms with van der Waals surface area (Å²) < 4.78 is 0. The molecule has 4 nitrogen and oxygen atoms in total. The van der Waals surface area contributed by atoms with Gasteiger partial charge in [0.1, 0.15) is 11.4 Å². The van der Waals surface area contributed by atoms with Gasteiger partial charge < -0.3 is 0 Å². The van der Waals surface area contributed by atoms with E-state index in [1.54, 1.807) is 0 Å². The van der Waals surface area contributed by atoms with Gasteiger partial charge in [0.2, 0.25) is 5.96 Å². The first-order chi connectivity index (χ1) is 13.7. The third kappa shape index (κ3) is 3.09. The summed E-state index contributed by atoms with van der Waals surface area (Å²) in [6, 6.07) is 8.18. The fraction of sp³-hybridized carbons (Fsp3) is 0.292. The van der Waals surface area contributed by atoms with Crippen LogP contribution in [0.4, 0.5) is 5.69 Å². The lowest BCUT2D eigenvalue weighted by Gasteiger charge is -2.34. The quantitative estimate of drug-likeness (QED) is 0.339. The molecular weight excluding hydrogens is 344 g/mol. The monoisotopic (exact) mass is 372 g/mol. The van der Waals surface area contributed by atoms with E-state index in [1.807, 2.05) is 36.1 Å². The van der Waals surface area contributed by atoms with Crippen molar-refractivity contribution in [2.75, 3.05) is 0 Å². The normalized spacial score (nSPS) is 22.8. The van der Waals surface area contributed by atoms with Crippen LogP contribution in [0.5, 0.6) is 0 Å². The minimum atomic E-state index is -0.618. The van der Waals surface area contributed by atoms with Crippen LogP contribution in [0.1, 0.15) is 45.6 Å². The van der Waals surface area contributed by atoms with Crippen LogP contribution in [0.15, 0.2) is 81.8 Å². The third-order valence-corrected chi connectivity index (χ3v) is 5.16. The highest BCUT2D eigenvalue weighted by Gasteiger charge is 2.50. The summed E-state index contributed by atoms with van der Waals surface area (Å²) in [6.45, 7) is 14.1. The zero-order chi connectivity index (χ0) is 20.1. The predicted octanol–water partition coefficient (Wildman–Crippen LogP) is 6.08. The molecule has 2 aliphatic rings. The van der Waals surface area contributed by atoms with E-state index in [1.165, 1.54) is 5.57 Å². The van der Waals surface area contributed by atoms with E-state index < -0.39 is 5.54 Å². The predicted molar refractivity (Wildman–Crippen MR) is 121 cm³/mol. The van der Waals surface area contributed by atoms with Gasteiger partial charge >= 0.3 is 0 Å². The maximum absolute atomic E-state index is 5.07. The molecule has 144 valence electrons. The van der Waals surface area contributed by atoms with Gasteiger partial charge in [-0.3, -0.25) is 4.90 Å². The first-order valence-electron chi connectivity index (χ1n) is 9.85. The van der Waals surface area contributed by atoms with E-state index >= 15 is 0 Å². The molecular formula is C24H28N4. The average Bonchev–Trinajstić information content (AvgIpc) is 3.04. The topological polar surface area (TPSA) is 40.3 Å². The second-order valence-corrected chi connectivity index (χ2v) is 6.77. The highest BCUT2D eigenvalue weighted by atomic mass is 15.4. The molecule has 1 atom stereocenters. The van der Waals surface area contributed by atoms with Gasteiger partial charge in [0, 0.05) is 12.0 Å². The number of fused-ring (bicyclic) bond motifs is 2. The second-order valence-electron chi connectivity index (χ2n) is 6.77. The maximum atomic E-state index is 5.07. The Morgan fingerprint density at radius 2 is 2.07 bits per heavy atom. The molecule has 3 rings (SSSR count). The summed E-state index contributed by atoms with van der Waals surface area (Å²) in [5, 5.41) is 0. The molecule has 0 N–H and O–H groups in total. The molecule has 4 heteroatoms. The van der Waals surface area contributed by atoms with Gasteiger partial charge in [-0.1, -0.05) is 62.4 Å². The van der Waals surface area contributed by atoms with Crippen molar-refractivity contribution in [3.05, 3.63) is 72.4 Å². The number of allylic oxidation sites excluding steroid dienone is 4. The van der Waals surface area contributed by atoms with E-state index in [4.69, 9.17) is 9.98 Å². The van der Waals surface area contributed by atoms with Crippen molar-refractivity contribution in [3.8, 4) is 0 Å². The molecule has 0 amide bonds. The fourth-order valence-electron chi connectivity index (χ4n) is 3.89. The largest absolute Gasteiger partial charge is 0.264 e. The Balaban J connectivity index is 2.30. The van der Waals surface area contributed by atoms with Crippen molar-refractivity contribution in [1.29, 1.82) is 0 Å². The maximum Gasteiger partial charge on any atom is 0.231 e. The second kappa shape index (κ2) is 8.34. The Hall–Kier alpha value is -3.01. The van der Waals surface area contributed by atoms with Gasteiger partial charge in [-0.15, -0.1) is 6.58 Å². The minimum Gasteiger partial charge on any atom is -0.264 e. The van der Waals surface area contributed by atoms with Crippen LogP contribution in [0.25, 0.3) is 5.70 Å². The van der Waals surface area contributed by atoms with Crippen molar-refractivity contribution in [1.82, 2.24) is 4.90 Å². The van der Waals surface area contributed by atoms with Crippen molar-refractivity contribution >= 4 is 29.9 Å². The van der Waals surface area contributed by atoms with Crippen molar-refractivity contribution < 1.29 is 0 Å². The Bertz CT molecular complexity index is 930. The van der Waals surface area contributed by atoms with Crippen LogP contribution >= 0.6 is 0 Å². The Morgan fingerprint density at radius 1 is 1.29 bits per heavy atom. The lowest BCUT2D eigenvalue weighted by molar-refractivity contribution is 0.636. The number of amidine groups is 1. The van der Waals surface area contributed by atoms with Gasteiger partial charge in [-0.2, -0.15) is 0 Å². The van der Waals surface area contributed by atoms with Crippen molar-refractivity contribution in [2.24, 2.45) is 15.0 Å². The highest BCUT2D eigenvalue weighted by Crippen LogP contribution is 2.45. The van der Waals surface area contributed by atoms with Crippen LogP contribution in [-0.2, 0) is 0 Å². The van der Waals surface area contributed by atoms with Crippen molar-refractivity contribution in [3.63, 3.8) is 0 Å². The van der Waals surface area contributed by atoms with Gasteiger partial charge in [-0.25, -0.2) is 15.0 Å². The number of benzene rings is 1. The number of hydrogen-bond donors (Lipinski definition) is 0. The Labute approximate surface area is 168 Å². The molecule has 0 fully saturated rings.